The first-order valence-corrected chi connectivity index (χ1v) is 18.9. The van der Waals surface area contributed by atoms with Crippen molar-refractivity contribution in [2.45, 2.75) is 162 Å². The van der Waals surface area contributed by atoms with Crippen molar-refractivity contribution in [3.8, 4) is 0 Å². The Morgan fingerprint density at radius 2 is 1.57 bits per heavy atom. The lowest BCUT2D eigenvalue weighted by Crippen LogP contribution is -2.50. The van der Waals surface area contributed by atoms with Crippen molar-refractivity contribution in [2.75, 3.05) is 13.6 Å². The van der Waals surface area contributed by atoms with Crippen LogP contribution >= 0.6 is 0 Å². The molecule has 6 atom stereocenters. The van der Waals surface area contributed by atoms with Gasteiger partial charge in [0.1, 0.15) is 6.10 Å². The zero-order chi connectivity index (χ0) is 33.7. The van der Waals surface area contributed by atoms with Gasteiger partial charge in [0, 0.05) is 37.1 Å². The van der Waals surface area contributed by atoms with Crippen molar-refractivity contribution in [2.24, 2.45) is 45.3 Å². The van der Waals surface area contributed by atoms with E-state index in [4.69, 9.17) is 0 Å². The lowest BCUT2D eigenvalue weighted by atomic mass is 9.73. The molecule has 0 bridgehead atoms. The Kier molecular flexibility index (Phi) is 10.4. The molecule has 2 N–H and O–H groups in total. The summed E-state index contributed by atoms with van der Waals surface area (Å²) in [6.07, 6.45) is 12.8. The number of likely N-dealkylation sites (N-methyl/N-ethyl adjacent to an activating group) is 1. The maximum Gasteiger partial charge on any atom is 0.227 e. The zero-order valence-corrected chi connectivity index (χ0v) is 30.1. The lowest BCUT2D eigenvalue weighted by molar-refractivity contribution is -0.147. The van der Waals surface area contributed by atoms with Crippen molar-refractivity contribution in [1.29, 1.82) is 0 Å². The van der Waals surface area contributed by atoms with Crippen LogP contribution in [0.15, 0.2) is 0 Å². The third-order valence-corrected chi connectivity index (χ3v) is 14.1. The van der Waals surface area contributed by atoms with Gasteiger partial charge in [0.05, 0.1) is 12.1 Å². The maximum atomic E-state index is 14.9. The van der Waals surface area contributed by atoms with Gasteiger partial charge in [-0.2, -0.15) is 0 Å². The molecule has 0 radical (unpaired) electrons. The average molecular weight is 641 g/mol. The third kappa shape index (κ3) is 6.30. The molecule has 46 heavy (non-hydrogen) atoms. The van der Waals surface area contributed by atoms with E-state index in [1.165, 1.54) is 12.8 Å². The Hall–Kier alpha value is -1.60. The predicted octanol–water partition coefficient (Wildman–Crippen LogP) is 6.68. The Balaban J connectivity index is 1.39. The lowest BCUT2D eigenvalue weighted by Gasteiger charge is -2.37. The van der Waals surface area contributed by atoms with Gasteiger partial charge in [0.2, 0.25) is 5.91 Å². The minimum Gasteiger partial charge on any atom is -0.385 e. The summed E-state index contributed by atoms with van der Waals surface area (Å²) in [6.45, 7) is 13.4. The highest BCUT2D eigenvalue weighted by Gasteiger charge is 2.85. The Bertz CT molecular complexity index is 1160. The highest BCUT2D eigenvalue weighted by Crippen LogP contribution is 2.88. The van der Waals surface area contributed by atoms with Crippen molar-refractivity contribution < 1.29 is 24.3 Å². The molecule has 0 aromatic carbocycles. The number of ketones is 3. The fourth-order valence-electron chi connectivity index (χ4n) is 10.7. The van der Waals surface area contributed by atoms with E-state index in [9.17, 15) is 24.3 Å². The first-order chi connectivity index (χ1) is 21.6. The first-order valence-electron chi connectivity index (χ1n) is 18.9. The van der Waals surface area contributed by atoms with Crippen LogP contribution in [0, 0.1) is 45.3 Å². The first kappa shape index (κ1) is 35.7. The van der Waals surface area contributed by atoms with Crippen LogP contribution in [0.25, 0.3) is 0 Å². The number of carbonyl (C=O) groups is 4. The molecule has 4 aliphatic carbocycles. The van der Waals surface area contributed by atoms with Crippen molar-refractivity contribution in [3.05, 3.63) is 0 Å². The van der Waals surface area contributed by atoms with Crippen LogP contribution in [0.4, 0.5) is 0 Å². The summed E-state index contributed by atoms with van der Waals surface area (Å²) in [5.41, 5.74) is -0.345. The number of amides is 1. The Morgan fingerprint density at radius 1 is 0.913 bits per heavy atom. The van der Waals surface area contributed by atoms with Gasteiger partial charge < -0.3 is 15.3 Å². The topological polar surface area (TPSA) is 104 Å². The second kappa shape index (κ2) is 13.4. The summed E-state index contributed by atoms with van der Waals surface area (Å²) < 4.78 is 0. The molecule has 1 amide bonds. The molecule has 1 unspecified atom stereocenters. The number of fused-ring (bicyclic) bond motifs is 1. The fraction of sp³-hybridized carbons (Fsp3) is 0.897. The van der Waals surface area contributed by atoms with Crippen LogP contribution in [0.1, 0.15) is 144 Å². The monoisotopic (exact) mass is 640 g/mol. The number of likely N-dealkylation sites (tertiary alicyclic amines) is 1. The summed E-state index contributed by atoms with van der Waals surface area (Å²) in [5.74, 6) is -0.363. The molecule has 2 spiro atoms. The average Bonchev–Trinajstić information content (AvgIpc) is 3.80. The van der Waals surface area contributed by atoms with Gasteiger partial charge in [-0.1, -0.05) is 73.6 Å². The summed E-state index contributed by atoms with van der Waals surface area (Å²) in [7, 11) is 1.87. The molecule has 5 rings (SSSR count). The van der Waals surface area contributed by atoms with E-state index in [0.717, 1.165) is 57.8 Å². The van der Waals surface area contributed by atoms with Crippen molar-refractivity contribution >= 4 is 23.3 Å². The summed E-state index contributed by atoms with van der Waals surface area (Å²) >= 11 is 0. The molecule has 5 aliphatic rings. The minimum absolute atomic E-state index is 0.0200. The van der Waals surface area contributed by atoms with Crippen LogP contribution in [-0.4, -0.2) is 65.0 Å². The quantitative estimate of drug-likeness (QED) is 0.207. The molecule has 7 nitrogen and oxygen atoms in total. The van der Waals surface area contributed by atoms with Gasteiger partial charge in [-0.3, -0.25) is 19.2 Å². The van der Waals surface area contributed by atoms with Crippen LogP contribution in [-0.2, 0) is 19.2 Å². The highest BCUT2D eigenvalue weighted by molar-refractivity contribution is 5.95. The van der Waals surface area contributed by atoms with Gasteiger partial charge in [-0.05, 0) is 92.4 Å². The third-order valence-electron chi connectivity index (χ3n) is 14.1. The summed E-state index contributed by atoms with van der Waals surface area (Å²) in [4.78, 5) is 58.0. The number of Topliss-reactive ketones (excluding diaryl/α,β-unsaturated/α-hetero) is 3. The standard InChI is InChI=1S/C39H64N2O5/c1-8-13-27(34(45)32(44)20-25-16-17-25)21-30(42)29-23-39(37(5,6)38(39)18-12-19-38)24-41(29)35(46)28(36(2,3)4)22-31(43)33(40-7)26-14-10-9-11-15-26/h25-29,33-34,40,45H,8-24H2,1-7H3/t27-,28-,29+,33+,34?,39-/m1/s1. The molecule has 260 valence electrons. The molecule has 0 aromatic heterocycles. The predicted molar refractivity (Wildman–Crippen MR) is 181 cm³/mol. The fourth-order valence-corrected chi connectivity index (χ4v) is 10.7. The molecule has 1 saturated heterocycles. The number of aliphatic hydroxyl groups is 1. The summed E-state index contributed by atoms with van der Waals surface area (Å²) in [5, 5.41) is 14.4. The Labute approximate surface area is 278 Å². The number of hydrogen-bond acceptors (Lipinski definition) is 6. The molecule has 5 fully saturated rings. The summed E-state index contributed by atoms with van der Waals surface area (Å²) in [6, 6.07) is -0.819. The van der Waals surface area contributed by atoms with Gasteiger partial charge in [-0.25, -0.2) is 0 Å². The van der Waals surface area contributed by atoms with Crippen molar-refractivity contribution in [1.82, 2.24) is 10.2 Å². The van der Waals surface area contributed by atoms with Gasteiger partial charge in [0.25, 0.3) is 0 Å². The molecule has 1 aliphatic heterocycles. The number of aliphatic hydroxyl groups excluding tert-OH is 1. The number of nitrogens with zero attached hydrogens (tertiary/aromatic N) is 1. The van der Waals surface area contributed by atoms with Gasteiger partial charge >= 0.3 is 0 Å². The molecular formula is C39H64N2O5. The van der Waals surface area contributed by atoms with Gasteiger partial charge in [0.15, 0.2) is 17.3 Å². The maximum absolute atomic E-state index is 14.9. The van der Waals surface area contributed by atoms with Crippen LogP contribution < -0.4 is 5.32 Å². The van der Waals surface area contributed by atoms with E-state index >= 15 is 0 Å². The van der Waals surface area contributed by atoms with E-state index in [-0.39, 0.29) is 58.4 Å². The molecule has 4 saturated carbocycles. The molecule has 1 heterocycles. The van der Waals surface area contributed by atoms with E-state index in [1.54, 1.807) is 0 Å². The minimum atomic E-state index is -1.13. The van der Waals surface area contributed by atoms with E-state index < -0.39 is 29.4 Å². The van der Waals surface area contributed by atoms with Crippen LogP contribution in [0.3, 0.4) is 0 Å². The van der Waals surface area contributed by atoms with Crippen molar-refractivity contribution in [3.63, 3.8) is 0 Å². The van der Waals surface area contributed by atoms with Crippen LogP contribution in [0.5, 0.6) is 0 Å². The van der Waals surface area contributed by atoms with E-state index in [2.05, 4.69) is 19.2 Å². The molecule has 7 heteroatoms. The smallest absolute Gasteiger partial charge is 0.227 e. The molecule has 0 aromatic rings. The zero-order valence-electron chi connectivity index (χ0n) is 30.1. The van der Waals surface area contributed by atoms with Gasteiger partial charge in [-0.15, -0.1) is 0 Å². The number of rotatable bonds is 15. The second-order valence-electron chi connectivity index (χ2n) is 17.9. The second-order valence-corrected chi connectivity index (χ2v) is 17.9. The van der Waals surface area contributed by atoms with E-state index in [0.29, 0.717) is 37.6 Å². The SMILES string of the molecule is CCC[C@H](CC(=O)[C@@H]1C[C@@]2(CN1C(=O)[C@@H](CC(=O)[C@@H](NC)C1CCCCC1)C(C)(C)C)C(C)(C)C21CCC1)C(O)C(=O)CC1CC1. The largest absolute Gasteiger partial charge is 0.385 e. The number of carbonyl (C=O) groups excluding carboxylic acids is 4. The Morgan fingerprint density at radius 3 is 2.07 bits per heavy atom. The molecular weight excluding hydrogens is 576 g/mol. The number of nitrogens with one attached hydrogen (secondary N) is 1. The van der Waals surface area contributed by atoms with Crippen LogP contribution in [0.2, 0.25) is 0 Å². The highest BCUT2D eigenvalue weighted by atomic mass is 16.3. The van der Waals surface area contributed by atoms with E-state index in [1.807, 2.05) is 39.6 Å². The number of hydrogen-bond donors (Lipinski definition) is 2. The normalized spacial score (nSPS) is 29.7.